The first-order valence-corrected chi connectivity index (χ1v) is 7.55. The molecule has 0 fully saturated rings. The summed E-state index contributed by atoms with van der Waals surface area (Å²) in [7, 11) is -4.26. The normalized spacial score (nSPS) is 11.5. The van der Waals surface area contributed by atoms with E-state index in [9.17, 15) is 8.42 Å². The van der Waals surface area contributed by atoms with Crippen molar-refractivity contribution in [2.75, 3.05) is 26.4 Å². The fourth-order valence-electron chi connectivity index (χ4n) is 1.40. The molecule has 0 aromatic rings. The number of hydrogen-bond acceptors (Lipinski definition) is 7. The average Bonchev–Trinajstić information content (AvgIpc) is 2.37. The summed E-state index contributed by atoms with van der Waals surface area (Å²) in [6.45, 7) is 6.63. The van der Waals surface area contributed by atoms with Crippen LogP contribution in [0.3, 0.4) is 0 Å². The second-order valence-corrected chi connectivity index (χ2v) is 5.27. The highest BCUT2D eigenvalue weighted by Gasteiger charge is 2.26. The van der Waals surface area contributed by atoms with Crippen molar-refractivity contribution in [3.05, 3.63) is 24.8 Å². The van der Waals surface area contributed by atoms with Gasteiger partial charge in [0.1, 0.15) is 0 Å². The SMILES string of the molecule is C=C(CCO)C(N)(CCO)CCO.C=CCOS(=O)(=O)O. The van der Waals surface area contributed by atoms with Crippen LogP contribution in [0.25, 0.3) is 0 Å². The molecule has 0 atom stereocenters. The molecule has 8 nitrogen and oxygen atoms in total. The Hall–Kier alpha value is -0.810. The summed E-state index contributed by atoms with van der Waals surface area (Å²) in [6.07, 6.45) is 2.36. The molecule has 0 amide bonds. The molecule has 0 bridgehead atoms. The Morgan fingerprint density at radius 2 is 1.67 bits per heavy atom. The van der Waals surface area contributed by atoms with Crippen LogP contribution in [0.5, 0.6) is 0 Å². The van der Waals surface area contributed by atoms with Crippen molar-refractivity contribution in [2.45, 2.75) is 24.8 Å². The molecule has 6 N–H and O–H groups in total. The molecule has 0 saturated heterocycles. The van der Waals surface area contributed by atoms with Crippen LogP contribution in [-0.4, -0.2) is 60.3 Å². The van der Waals surface area contributed by atoms with Gasteiger partial charge in [-0.25, -0.2) is 4.18 Å². The quantitative estimate of drug-likeness (QED) is 0.263. The monoisotopic (exact) mass is 327 g/mol. The van der Waals surface area contributed by atoms with Gasteiger partial charge in [0.2, 0.25) is 0 Å². The van der Waals surface area contributed by atoms with E-state index in [-0.39, 0.29) is 26.4 Å². The highest BCUT2D eigenvalue weighted by molar-refractivity contribution is 7.80. The van der Waals surface area contributed by atoms with Crippen LogP contribution in [0, 0.1) is 0 Å². The Labute approximate surface area is 125 Å². The van der Waals surface area contributed by atoms with Crippen molar-refractivity contribution >= 4 is 10.4 Å². The molecule has 0 radical (unpaired) electrons. The van der Waals surface area contributed by atoms with Gasteiger partial charge in [-0.05, 0) is 19.3 Å². The predicted molar refractivity (Wildman–Crippen MR) is 78.9 cm³/mol. The molecular weight excluding hydrogens is 302 g/mol. The van der Waals surface area contributed by atoms with Gasteiger partial charge in [-0.1, -0.05) is 18.2 Å². The average molecular weight is 327 g/mol. The summed E-state index contributed by atoms with van der Waals surface area (Å²) in [6, 6.07) is 0. The number of aliphatic hydroxyl groups excluding tert-OH is 3. The topological polar surface area (TPSA) is 150 Å². The van der Waals surface area contributed by atoms with Gasteiger partial charge in [0.25, 0.3) is 0 Å². The van der Waals surface area contributed by atoms with Crippen molar-refractivity contribution in [3.63, 3.8) is 0 Å². The second kappa shape index (κ2) is 11.8. The maximum absolute atomic E-state index is 9.68. The summed E-state index contributed by atoms with van der Waals surface area (Å²) in [5, 5.41) is 26.3. The Bertz CT molecular complexity index is 388. The van der Waals surface area contributed by atoms with Crippen molar-refractivity contribution in [3.8, 4) is 0 Å². The first-order valence-electron chi connectivity index (χ1n) is 6.19. The Morgan fingerprint density at radius 3 is 1.90 bits per heavy atom. The summed E-state index contributed by atoms with van der Waals surface area (Å²) in [5.74, 6) is 0. The third kappa shape index (κ3) is 12.6. The van der Waals surface area contributed by atoms with Crippen molar-refractivity contribution < 1.29 is 32.5 Å². The van der Waals surface area contributed by atoms with Crippen LogP contribution in [0.2, 0.25) is 0 Å². The predicted octanol–water partition coefficient (Wildman–Crippen LogP) is -0.621. The van der Waals surface area contributed by atoms with E-state index in [1.54, 1.807) is 0 Å². The van der Waals surface area contributed by atoms with E-state index in [0.717, 1.165) is 0 Å². The zero-order valence-corrected chi connectivity index (χ0v) is 12.8. The maximum Gasteiger partial charge on any atom is 0.397 e. The zero-order chi connectivity index (χ0) is 16.9. The molecule has 0 spiro atoms. The zero-order valence-electron chi connectivity index (χ0n) is 11.9. The van der Waals surface area contributed by atoms with Crippen LogP contribution in [0.4, 0.5) is 0 Å². The molecule has 0 aliphatic rings. The van der Waals surface area contributed by atoms with Crippen LogP contribution in [-0.2, 0) is 14.6 Å². The standard InChI is InChI=1S/C9H19NO3.C3H6O4S/c1-8(2-5-11)9(10,3-6-12)4-7-13;1-2-3-7-8(4,5)6/h11-13H,1-7,10H2;2H,1,3H2,(H,4,5,6). The molecule has 21 heavy (non-hydrogen) atoms. The lowest BCUT2D eigenvalue weighted by atomic mass is 9.84. The fraction of sp³-hybridized carbons (Fsp3) is 0.667. The highest BCUT2D eigenvalue weighted by Crippen LogP contribution is 2.22. The van der Waals surface area contributed by atoms with E-state index in [1.165, 1.54) is 6.08 Å². The van der Waals surface area contributed by atoms with Gasteiger partial charge >= 0.3 is 10.4 Å². The van der Waals surface area contributed by atoms with Crippen molar-refractivity contribution in [2.24, 2.45) is 5.73 Å². The summed E-state index contributed by atoms with van der Waals surface area (Å²) < 4.78 is 31.0. The third-order valence-electron chi connectivity index (χ3n) is 2.57. The van der Waals surface area contributed by atoms with Crippen molar-refractivity contribution in [1.82, 2.24) is 0 Å². The Balaban J connectivity index is 0. The van der Waals surface area contributed by atoms with E-state index in [4.69, 9.17) is 25.6 Å². The fourth-order valence-corrected chi connectivity index (χ4v) is 1.66. The molecule has 0 aromatic carbocycles. The molecule has 0 aromatic heterocycles. The maximum atomic E-state index is 9.68. The number of nitrogens with two attached hydrogens (primary N) is 1. The van der Waals surface area contributed by atoms with Crippen LogP contribution < -0.4 is 5.73 Å². The molecule has 9 heteroatoms. The molecule has 0 unspecified atom stereocenters. The molecule has 0 rings (SSSR count). The molecule has 0 heterocycles. The molecular formula is C12H25NO7S. The number of hydrogen-bond donors (Lipinski definition) is 5. The lowest BCUT2D eigenvalue weighted by Gasteiger charge is -2.30. The van der Waals surface area contributed by atoms with Crippen LogP contribution in [0.1, 0.15) is 19.3 Å². The van der Waals surface area contributed by atoms with Gasteiger partial charge in [-0.15, -0.1) is 6.58 Å². The van der Waals surface area contributed by atoms with E-state index in [0.29, 0.717) is 24.8 Å². The van der Waals surface area contributed by atoms with Gasteiger partial charge in [-0.2, -0.15) is 8.42 Å². The molecule has 0 saturated carbocycles. The smallest absolute Gasteiger partial charge is 0.396 e. The van der Waals surface area contributed by atoms with Crippen LogP contribution >= 0.6 is 0 Å². The van der Waals surface area contributed by atoms with E-state index in [1.807, 2.05) is 0 Å². The number of aliphatic hydroxyl groups is 3. The van der Waals surface area contributed by atoms with Gasteiger partial charge in [0.15, 0.2) is 0 Å². The third-order valence-corrected chi connectivity index (χ3v) is 3.00. The van der Waals surface area contributed by atoms with Gasteiger partial charge < -0.3 is 21.1 Å². The largest absolute Gasteiger partial charge is 0.397 e. The number of rotatable bonds is 10. The molecule has 0 aliphatic carbocycles. The molecule has 0 aliphatic heterocycles. The Morgan fingerprint density at radius 1 is 1.19 bits per heavy atom. The van der Waals surface area contributed by atoms with Gasteiger partial charge in [0.05, 0.1) is 6.61 Å². The summed E-state index contributed by atoms with van der Waals surface area (Å²) >= 11 is 0. The lowest BCUT2D eigenvalue weighted by molar-refractivity contribution is 0.204. The van der Waals surface area contributed by atoms with Gasteiger partial charge in [0, 0.05) is 25.4 Å². The first kappa shape index (κ1) is 22.5. The van der Waals surface area contributed by atoms with Crippen molar-refractivity contribution in [1.29, 1.82) is 0 Å². The Kier molecular flexibility index (Phi) is 12.6. The minimum atomic E-state index is -4.26. The molecule has 126 valence electrons. The van der Waals surface area contributed by atoms with Crippen LogP contribution in [0.15, 0.2) is 24.8 Å². The highest BCUT2D eigenvalue weighted by atomic mass is 32.3. The minimum absolute atomic E-state index is 0.00532. The van der Waals surface area contributed by atoms with Gasteiger partial charge in [-0.3, -0.25) is 4.55 Å². The van der Waals surface area contributed by atoms with E-state index < -0.39 is 15.9 Å². The summed E-state index contributed by atoms with van der Waals surface area (Å²) in [5.41, 5.74) is 5.85. The lowest BCUT2D eigenvalue weighted by Crippen LogP contribution is -2.43. The first-order chi connectivity index (χ1) is 9.66. The van der Waals surface area contributed by atoms with E-state index in [2.05, 4.69) is 17.3 Å². The second-order valence-electron chi connectivity index (χ2n) is 4.18. The van der Waals surface area contributed by atoms with E-state index >= 15 is 0 Å². The summed E-state index contributed by atoms with van der Waals surface area (Å²) in [4.78, 5) is 0. The minimum Gasteiger partial charge on any atom is -0.396 e.